The van der Waals surface area contributed by atoms with Crippen molar-refractivity contribution >= 4 is 16.9 Å². The number of methoxy groups -OCH3 is 1. The van der Waals surface area contributed by atoms with Crippen molar-refractivity contribution in [1.29, 1.82) is 0 Å². The minimum absolute atomic E-state index is 0.0706. The third kappa shape index (κ3) is 3.96. The Morgan fingerprint density at radius 2 is 1.79 bits per heavy atom. The van der Waals surface area contributed by atoms with Gasteiger partial charge in [0.1, 0.15) is 12.4 Å². The number of aromatic nitrogens is 1. The second-order valence-electron chi connectivity index (χ2n) is 8.16. The lowest BCUT2D eigenvalue weighted by Gasteiger charge is -2.25. The summed E-state index contributed by atoms with van der Waals surface area (Å²) in [7, 11) is 1.57. The maximum absolute atomic E-state index is 13.0. The number of rotatable bonds is 5. The van der Waals surface area contributed by atoms with Gasteiger partial charge in [0, 0.05) is 11.3 Å². The van der Waals surface area contributed by atoms with E-state index >= 15 is 0 Å². The quantitative estimate of drug-likeness (QED) is 0.447. The van der Waals surface area contributed by atoms with Gasteiger partial charge in [-0.1, -0.05) is 48.0 Å². The van der Waals surface area contributed by atoms with Crippen LogP contribution in [0.1, 0.15) is 34.6 Å². The Balaban J connectivity index is 1.51. The average molecular weight is 441 g/mol. The van der Waals surface area contributed by atoms with E-state index in [4.69, 9.17) is 14.2 Å². The first-order chi connectivity index (χ1) is 16.0. The summed E-state index contributed by atoms with van der Waals surface area (Å²) in [4.78, 5) is 28.4. The highest BCUT2D eigenvalue weighted by atomic mass is 16.5. The average Bonchev–Trinajstić information content (AvgIpc) is 2.83. The fourth-order valence-corrected chi connectivity index (χ4v) is 4.23. The Bertz CT molecular complexity index is 1400. The fourth-order valence-electron chi connectivity index (χ4n) is 4.23. The molecule has 0 spiro atoms. The van der Waals surface area contributed by atoms with Crippen LogP contribution in [0.5, 0.6) is 17.2 Å². The number of aromatic amines is 1. The molecule has 1 atom stereocenters. The Morgan fingerprint density at radius 1 is 1.00 bits per heavy atom. The van der Waals surface area contributed by atoms with Gasteiger partial charge in [-0.15, -0.1) is 0 Å². The first-order valence-corrected chi connectivity index (χ1v) is 10.8. The van der Waals surface area contributed by atoms with Gasteiger partial charge in [-0.25, -0.2) is 0 Å². The van der Waals surface area contributed by atoms with Crippen molar-refractivity contribution in [2.75, 3.05) is 7.11 Å². The molecule has 0 unspecified atom stereocenters. The van der Waals surface area contributed by atoms with Crippen LogP contribution in [-0.2, 0) is 11.4 Å². The van der Waals surface area contributed by atoms with Crippen LogP contribution >= 0.6 is 0 Å². The van der Waals surface area contributed by atoms with Gasteiger partial charge < -0.3 is 19.2 Å². The highest BCUT2D eigenvalue weighted by Crippen LogP contribution is 2.42. The minimum atomic E-state index is -0.449. The van der Waals surface area contributed by atoms with Gasteiger partial charge in [-0.3, -0.25) is 9.59 Å². The smallest absolute Gasteiger partial charge is 0.312 e. The molecule has 6 nitrogen and oxygen atoms in total. The van der Waals surface area contributed by atoms with E-state index in [9.17, 15) is 9.59 Å². The summed E-state index contributed by atoms with van der Waals surface area (Å²) in [5.74, 6) is 0.635. The molecule has 0 saturated heterocycles. The van der Waals surface area contributed by atoms with Crippen molar-refractivity contribution in [2.24, 2.45) is 0 Å². The maximum atomic E-state index is 13.0. The normalized spacial score (nSPS) is 15.1. The van der Waals surface area contributed by atoms with E-state index < -0.39 is 5.92 Å². The van der Waals surface area contributed by atoms with Crippen LogP contribution in [0.3, 0.4) is 0 Å². The van der Waals surface area contributed by atoms with Crippen LogP contribution in [0.2, 0.25) is 0 Å². The third-order valence-electron chi connectivity index (χ3n) is 5.95. The van der Waals surface area contributed by atoms with Crippen molar-refractivity contribution < 1.29 is 19.0 Å². The number of fused-ring (bicyclic) bond motifs is 3. The van der Waals surface area contributed by atoms with E-state index in [-0.39, 0.29) is 17.9 Å². The van der Waals surface area contributed by atoms with Crippen LogP contribution in [0, 0.1) is 6.92 Å². The number of benzene rings is 3. The Labute approximate surface area is 190 Å². The van der Waals surface area contributed by atoms with Gasteiger partial charge in [-0.05, 0) is 42.3 Å². The molecule has 166 valence electrons. The molecule has 0 fully saturated rings. The number of pyridine rings is 1. The zero-order valence-electron chi connectivity index (χ0n) is 18.4. The number of carbonyl (C=O) groups excluding carboxylic acids is 1. The Kier molecular flexibility index (Phi) is 5.34. The highest BCUT2D eigenvalue weighted by Gasteiger charge is 2.33. The molecule has 2 heterocycles. The molecular formula is C27H23NO5. The first kappa shape index (κ1) is 20.8. The van der Waals surface area contributed by atoms with Gasteiger partial charge in [0.2, 0.25) is 0 Å². The zero-order valence-corrected chi connectivity index (χ0v) is 18.4. The van der Waals surface area contributed by atoms with Crippen molar-refractivity contribution in [3.63, 3.8) is 0 Å². The lowest BCUT2D eigenvalue weighted by Crippen LogP contribution is -2.28. The van der Waals surface area contributed by atoms with Crippen LogP contribution in [-0.4, -0.2) is 18.1 Å². The molecule has 5 rings (SSSR count). The maximum Gasteiger partial charge on any atom is 0.312 e. The molecule has 4 aromatic rings. The molecule has 1 aliphatic rings. The number of aryl methyl sites for hydroxylation is 1. The van der Waals surface area contributed by atoms with E-state index in [0.717, 1.165) is 11.1 Å². The molecular weight excluding hydrogens is 418 g/mol. The molecule has 0 saturated carbocycles. The van der Waals surface area contributed by atoms with Crippen LogP contribution < -0.4 is 19.8 Å². The predicted molar refractivity (Wildman–Crippen MR) is 125 cm³/mol. The summed E-state index contributed by atoms with van der Waals surface area (Å²) in [5, 5.41) is 0.704. The molecule has 6 heteroatoms. The molecule has 1 aliphatic heterocycles. The summed E-state index contributed by atoms with van der Waals surface area (Å²) in [6, 6.07) is 20.9. The van der Waals surface area contributed by atoms with Crippen LogP contribution in [0.15, 0.2) is 71.5 Å². The Hall–Kier alpha value is -4.06. The standard InChI is InChI=1S/C27H23NO5/c1-16-7-9-17(10-8-16)15-32-22-12-11-18(13-23(22)31-2)20-14-24(29)33-26-19-5-3-4-6-21(19)28-27(30)25(20)26/h3-13,20H,14-15H2,1-2H3,(H,28,30)/t20-/m1/s1. The number of ether oxygens (including phenoxy) is 3. The molecule has 33 heavy (non-hydrogen) atoms. The number of para-hydroxylation sites is 1. The molecule has 1 aromatic heterocycles. The number of H-pyrrole nitrogens is 1. The monoisotopic (exact) mass is 441 g/mol. The minimum Gasteiger partial charge on any atom is -0.493 e. The number of nitrogens with one attached hydrogen (secondary N) is 1. The van der Waals surface area contributed by atoms with E-state index in [0.29, 0.717) is 40.3 Å². The van der Waals surface area contributed by atoms with Crippen LogP contribution in [0.4, 0.5) is 0 Å². The second kappa shape index (κ2) is 8.47. The summed E-state index contributed by atoms with van der Waals surface area (Å²) in [5.41, 5.74) is 3.84. The van der Waals surface area contributed by atoms with E-state index in [1.807, 2.05) is 67.6 Å². The largest absolute Gasteiger partial charge is 0.493 e. The molecule has 0 amide bonds. The van der Waals surface area contributed by atoms with Crippen molar-refractivity contribution in [3.05, 3.63) is 99.3 Å². The fraction of sp³-hybridized carbons (Fsp3) is 0.185. The number of esters is 1. The Morgan fingerprint density at radius 3 is 2.58 bits per heavy atom. The molecule has 0 bridgehead atoms. The van der Waals surface area contributed by atoms with Crippen molar-refractivity contribution in [2.45, 2.75) is 25.9 Å². The highest BCUT2D eigenvalue weighted by molar-refractivity contribution is 5.91. The van der Waals surface area contributed by atoms with Crippen molar-refractivity contribution in [3.8, 4) is 17.2 Å². The second-order valence-corrected chi connectivity index (χ2v) is 8.16. The van der Waals surface area contributed by atoms with Crippen LogP contribution in [0.25, 0.3) is 10.9 Å². The molecule has 0 radical (unpaired) electrons. The predicted octanol–water partition coefficient (Wildman–Crippen LogP) is 4.87. The summed E-state index contributed by atoms with van der Waals surface area (Å²) in [6.45, 7) is 2.44. The molecule has 1 N–H and O–H groups in total. The summed E-state index contributed by atoms with van der Waals surface area (Å²) >= 11 is 0. The van der Waals surface area contributed by atoms with Gasteiger partial charge >= 0.3 is 5.97 Å². The summed E-state index contributed by atoms with van der Waals surface area (Å²) in [6.07, 6.45) is 0.0706. The third-order valence-corrected chi connectivity index (χ3v) is 5.95. The molecule has 3 aromatic carbocycles. The number of carbonyl (C=O) groups is 1. The van der Waals surface area contributed by atoms with Gasteiger partial charge in [-0.2, -0.15) is 0 Å². The van der Waals surface area contributed by atoms with Crippen molar-refractivity contribution in [1.82, 2.24) is 4.98 Å². The van der Waals surface area contributed by atoms with Gasteiger partial charge in [0.25, 0.3) is 5.56 Å². The SMILES string of the molecule is COc1cc([C@H]2CC(=O)Oc3c2c(=O)[nH]c2ccccc32)ccc1OCc1ccc(C)cc1. The van der Waals surface area contributed by atoms with E-state index in [2.05, 4.69) is 4.98 Å². The first-order valence-electron chi connectivity index (χ1n) is 10.8. The lowest BCUT2D eigenvalue weighted by molar-refractivity contribution is -0.135. The zero-order chi connectivity index (χ0) is 22.9. The van der Waals surface area contributed by atoms with E-state index in [1.54, 1.807) is 13.2 Å². The van der Waals surface area contributed by atoms with E-state index in [1.165, 1.54) is 5.56 Å². The number of hydrogen-bond donors (Lipinski definition) is 1. The lowest BCUT2D eigenvalue weighted by atomic mass is 9.86. The topological polar surface area (TPSA) is 77.6 Å². The van der Waals surface area contributed by atoms with Gasteiger partial charge in [0.05, 0.1) is 24.6 Å². The van der Waals surface area contributed by atoms with Gasteiger partial charge in [0.15, 0.2) is 11.5 Å². The molecule has 0 aliphatic carbocycles. The number of hydrogen-bond acceptors (Lipinski definition) is 5. The summed E-state index contributed by atoms with van der Waals surface area (Å²) < 4.78 is 17.1.